The lowest BCUT2D eigenvalue weighted by atomic mass is 9.79. The molecule has 130 valence electrons. The van der Waals surface area contributed by atoms with E-state index >= 15 is 0 Å². The summed E-state index contributed by atoms with van der Waals surface area (Å²) in [6.07, 6.45) is 11.5. The summed E-state index contributed by atoms with van der Waals surface area (Å²) < 4.78 is 4.62. The van der Waals surface area contributed by atoms with Crippen molar-refractivity contribution in [1.29, 1.82) is 0 Å². The summed E-state index contributed by atoms with van der Waals surface area (Å²) in [6, 6.07) is 10.5. The van der Waals surface area contributed by atoms with Gasteiger partial charge >= 0.3 is 5.97 Å². The maximum atomic E-state index is 11.1. The van der Waals surface area contributed by atoms with E-state index < -0.39 is 0 Å². The smallest absolute Gasteiger partial charge is 0.330 e. The first-order valence-electron chi connectivity index (χ1n) is 8.97. The van der Waals surface area contributed by atoms with Gasteiger partial charge in [0.15, 0.2) is 0 Å². The van der Waals surface area contributed by atoms with Crippen molar-refractivity contribution in [2.75, 3.05) is 13.7 Å². The van der Waals surface area contributed by atoms with Crippen LogP contribution in [0.5, 0.6) is 0 Å². The van der Waals surface area contributed by atoms with Crippen molar-refractivity contribution in [3.63, 3.8) is 0 Å². The molecule has 0 aromatic heterocycles. The molecular weight excluding hydrogens is 302 g/mol. The number of nitrogens with zero attached hydrogens (tertiary/aromatic N) is 1. The lowest BCUT2D eigenvalue weighted by Gasteiger charge is -2.40. The second kappa shape index (κ2) is 7.95. The molecule has 4 heteroatoms. The predicted molar refractivity (Wildman–Crippen MR) is 93.2 cm³/mol. The lowest BCUT2D eigenvalue weighted by Crippen LogP contribution is -2.46. The topological polar surface area (TPSA) is 38.8 Å². The summed E-state index contributed by atoms with van der Waals surface area (Å²) in [5, 5.41) is 2.26. The fourth-order valence-electron chi connectivity index (χ4n) is 3.97. The molecule has 0 spiro atoms. The quantitative estimate of drug-likeness (QED) is 0.446. The Morgan fingerprint density at radius 1 is 1.38 bits per heavy atom. The largest absolute Gasteiger partial charge is 0.466 e. The van der Waals surface area contributed by atoms with Crippen LogP contribution in [0.2, 0.25) is 0 Å². The van der Waals surface area contributed by atoms with Crippen LogP contribution in [0.4, 0.5) is 0 Å². The second-order valence-corrected chi connectivity index (χ2v) is 6.81. The van der Waals surface area contributed by atoms with Crippen LogP contribution in [0.1, 0.15) is 56.6 Å². The summed E-state index contributed by atoms with van der Waals surface area (Å²) >= 11 is 0. The Bertz CT molecular complexity index is 572. The third-order valence-electron chi connectivity index (χ3n) is 5.24. The van der Waals surface area contributed by atoms with Crippen molar-refractivity contribution < 1.29 is 14.4 Å². The Balaban J connectivity index is 1.60. The Hall–Kier alpha value is -1.65. The number of allylic oxidation sites excluding steroid dienone is 1. The van der Waals surface area contributed by atoms with Crippen LogP contribution < -0.4 is 0 Å². The molecule has 2 atom stereocenters. The van der Waals surface area contributed by atoms with E-state index in [1.165, 1.54) is 38.0 Å². The number of methoxy groups -OCH3 is 1. The summed E-state index contributed by atoms with van der Waals surface area (Å²) in [5.41, 5.74) is 1.44. The number of fused-ring (bicyclic) bond motifs is 1. The molecule has 2 saturated heterocycles. The zero-order chi connectivity index (χ0) is 16.8. The highest BCUT2D eigenvalue weighted by Crippen LogP contribution is 2.47. The Morgan fingerprint density at radius 2 is 2.21 bits per heavy atom. The van der Waals surface area contributed by atoms with Gasteiger partial charge in [-0.15, -0.1) is 0 Å². The minimum atomic E-state index is -0.277. The molecule has 3 rings (SSSR count). The second-order valence-electron chi connectivity index (χ2n) is 6.81. The average Bonchev–Trinajstić information content (AvgIpc) is 3.01. The van der Waals surface area contributed by atoms with Gasteiger partial charge in [-0.3, -0.25) is 4.84 Å². The lowest BCUT2D eigenvalue weighted by molar-refractivity contribution is -0.202. The van der Waals surface area contributed by atoms with E-state index in [1.807, 2.05) is 6.08 Å². The molecule has 2 aliphatic rings. The summed E-state index contributed by atoms with van der Waals surface area (Å²) in [4.78, 5) is 17.4. The van der Waals surface area contributed by atoms with E-state index in [0.717, 1.165) is 32.2 Å². The van der Waals surface area contributed by atoms with Gasteiger partial charge in [0.2, 0.25) is 0 Å². The monoisotopic (exact) mass is 329 g/mol. The highest BCUT2D eigenvalue weighted by atomic mass is 16.7. The minimum absolute atomic E-state index is 0.165. The normalized spacial score (nSPS) is 27.3. The van der Waals surface area contributed by atoms with Gasteiger partial charge < -0.3 is 4.74 Å². The minimum Gasteiger partial charge on any atom is -0.466 e. The fraction of sp³-hybridized carbons (Fsp3) is 0.550. The van der Waals surface area contributed by atoms with E-state index in [2.05, 4.69) is 40.1 Å². The summed E-state index contributed by atoms with van der Waals surface area (Å²) in [6.45, 7) is 1.03. The molecule has 24 heavy (non-hydrogen) atoms. The van der Waals surface area contributed by atoms with Gasteiger partial charge in [0.1, 0.15) is 6.10 Å². The van der Waals surface area contributed by atoms with Gasteiger partial charge in [0, 0.05) is 24.6 Å². The van der Waals surface area contributed by atoms with Crippen LogP contribution in [0.25, 0.3) is 0 Å². The standard InChI is InChI=1S/C20H27NO3/c1-23-19(22)12-6-3-7-13-20-14-8-9-15-21(20)24-18(16-20)17-10-4-2-5-11-17/h2,4-6,10-12,18H,3,7-9,13-16H2,1H3/b12-6-/t18-,20+/m1/s1. The van der Waals surface area contributed by atoms with E-state index in [4.69, 9.17) is 4.84 Å². The average molecular weight is 329 g/mol. The maximum absolute atomic E-state index is 11.1. The molecule has 0 bridgehead atoms. The van der Waals surface area contributed by atoms with Gasteiger partial charge in [0.05, 0.1) is 7.11 Å². The van der Waals surface area contributed by atoms with Crippen molar-refractivity contribution in [2.45, 2.75) is 56.6 Å². The zero-order valence-electron chi connectivity index (χ0n) is 14.4. The van der Waals surface area contributed by atoms with Gasteiger partial charge in [-0.2, -0.15) is 5.06 Å². The number of hydroxylamine groups is 2. The molecule has 0 unspecified atom stereocenters. The number of ether oxygens (including phenoxy) is 1. The highest BCUT2D eigenvalue weighted by molar-refractivity contribution is 5.81. The third-order valence-corrected chi connectivity index (χ3v) is 5.24. The molecule has 0 N–H and O–H groups in total. The van der Waals surface area contributed by atoms with Crippen molar-refractivity contribution in [1.82, 2.24) is 5.06 Å². The van der Waals surface area contributed by atoms with Gasteiger partial charge in [-0.05, 0) is 37.7 Å². The molecule has 4 nitrogen and oxygen atoms in total. The predicted octanol–water partition coefficient (Wildman–Crippen LogP) is 4.19. The molecule has 1 aromatic rings. The van der Waals surface area contributed by atoms with Crippen LogP contribution in [-0.4, -0.2) is 30.2 Å². The Morgan fingerprint density at radius 3 is 3.00 bits per heavy atom. The van der Waals surface area contributed by atoms with E-state index in [9.17, 15) is 4.79 Å². The van der Waals surface area contributed by atoms with Crippen molar-refractivity contribution in [2.24, 2.45) is 0 Å². The van der Waals surface area contributed by atoms with Crippen LogP contribution >= 0.6 is 0 Å². The maximum Gasteiger partial charge on any atom is 0.330 e. The van der Waals surface area contributed by atoms with Crippen molar-refractivity contribution >= 4 is 5.97 Å². The van der Waals surface area contributed by atoms with Gasteiger partial charge in [-0.1, -0.05) is 42.8 Å². The molecule has 2 heterocycles. The first-order chi connectivity index (χ1) is 11.7. The van der Waals surface area contributed by atoms with Crippen molar-refractivity contribution in [3.05, 3.63) is 48.0 Å². The zero-order valence-corrected chi connectivity index (χ0v) is 14.4. The summed E-state index contributed by atoms with van der Waals surface area (Å²) in [7, 11) is 1.41. The molecule has 1 aromatic carbocycles. The first kappa shape index (κ1) is 17.2. The number of hydrogen-bond donors (Lipinski definition) is 0. The third kappa shape index (κ3) is 3.87. The molecule has 0 saturated carbocycles. The number of hydrogen-bond acceptors (Lipinski definition) is 4. The number of piperidine rings is 1. The van der Waals surface area contributed by atoms with Gasteiger partial charge in [-0.25, -0.2) is 4.79 Å². The van der Waals surface area contributed by atoms with Crippen LogP contribution in [0.3, 0.4) is 0 Å². The molecule has 0 radical (unpaired) electrons. The number of carbonyl (C=O) groups is 1. The fourth-order valence-corrected chi connectivity index (χ4v) is 3.97. The number of unbranched alkanes of at least 4 members (excludes halogenated alkanes) is 1. The van der Waals surface area contributed by atoms with E-state index in [0.29, 0.717) is 0 Å². The molecule has 2 aliphatic heterocycles. The number of rotatable bonds is 6. The summed E-state index contributed by atoms with van der Waals surface area (Å²) in [5.74, 6) is -0.277. The number of carbonyl (C=O) groups excluding carboxylic acids is 1. The molecule has 0 aliphatic carbocycles. The number of benzene rings is 1. The van der Waals surface area contributed by atoms with Crippen molar-refractivity contribution in [3.8, 4) is 0 Å². The van der Waals surface area contributed by atoms with E-state index in [-0.39, 0.29) is 17.6 Å². The molecule has 2 fully saturated rings. The SMILES string of the molecule is COC(=O)/C=C\CCC[C@@]12CCCCN1O[C@@H](c1ccccc1)C2. The Kier molecular flexibility index (Phi) is 5.69. The van der Waals surface area contributed by atoms with Gasteiger partial charge in [0.25, 0.3) is 0 Å². The van der Waals surface area contributed by atoms with Crippen LogP contribution in [0.15, 0.2) is 42.5 Å². The first-order valence-corrected chi connectivity index (χ1v) is 8.97. The number of esters is 1. The molecular formula is C20H27NO3. The highest BCUT2D eigenvalue weighted by Gasteiger charge is 2.47. The Labute approximate surface area is 144 Å². The van der Waals surface area contributed by atoms with E-state index in [1.54, 1.807) is 0 Å². The molecule has 0 amide bonds. The van der Waals surface area contributed by atoms with Crippen LogP contribution in [-0.2, 0) is 14.4 Å². The van der Waals surface area contributed by atoms with Crippen LogP contribution in [0, 0.1) is 0 Å².